The first-order valence-electron chi connectivity index (χ1n) is 3.40. The van der Waals surface area contributed by atoms with Crippen LogP contribution in [0.15, 0.2) is 12.1 Å². The first-order valence-corrected chi connectivity index (χ1v) is 3.40. The van der Waals surface area contributed by atoms with Gasteiger partial charge in [-0.1, -0.05) is 0 Å². The summed E-state index contributed by atoms with van der Waals surface area (Å²) in [5, 5.41) is 9.25. The van der Waals surface area contributed by atoms with Crippen molar-refractivity contribution in [1.82, 2.24) is 0 Å². The summed E-state index contributed by atoms with van der Waals surface area (Å²) < 4.78 is 0. The monoisotopic (exact) mass is 150 g/mol. The number of hydrogen-bond donors (Lipinski definition) is 1. The fourth-order valence-corrected chi connectivity index (χ4v) is 0.989. The van der Waals surface area contributed by atoms with Gasteiger partial charge in [0.15, 0.2) is 0 Å². The number of phenolic OH excluding ortho intramolecular Hbond substituents is 1. The van der Waals surface area contributed by atoms with E-state index in [1.165, 1.54) is 0 Å². The van der Waals surface area contributed by atoms with Gasteiger partial charge in [0.2, 0.25) is 0 Å². The maximum atomic E-state index is 10.4. The topological polar surface area (TPSA) is 37.3 Å². The van der Waals surface area contributed by atoms with E-state index < -0.39 is 0 Å². The molecule has 0 fully saturated rings. The van der Waals surface area contributed by atoms with Gasteiger partial charge in [0.05, 0.1) is 0 Å². The third-order valence-corrected chi connectivity index (χ3v) is 1.69. The number of benzene rings is 1. The summed E-state index contributed by atoms with van der Waals surface area (Å²) >= 11 is 0. The Morgan fingerprint density at radius 1 is 1.36 bits per heavy atom. The Kier molecular flexibility index (Phi) is 1.94. The van der Waals surface area contributed by atoms with Gasteiger partial charge in [0.1, 0.15) is 12.0 Å². The van der Waals surface area contributed by atoms with Gasteiger partial charge in [-0.3, -0.25) is 4.79 Å². The maximum absolute atomic E-state index is 10.4. The van der Waals surface area contributed by atoms with Crippen molar-refractivity contribution in [3.63, 3.8) is 0 Å². The molecule has 0 saturated carbocycles. The van der Waals surface area contributed by atoms with Crippen LogP contribution in [0.3, 0.4) is 0 Å². The van der Waals surface area contributed by atoms with E-state index in [1.54, 1.807) is 19.1 Å². The van der Waals surface area contributed by atoms with Crippen LogP contribution in [0.2, 0.25) is 0 Å². The molecule has 0 unspecified atom stereocenters. The molecule has 0 aliphatic heterocycles. The van der Waals surface area contributed by atoms with Crippen molar-refractivity contribution in [2.75, 3.05) is 0 Å². The van der Waals surface area contributed by atoms with Crippen molar-refractivity contribution < 1.29 is 9.90 Å². The van der Waals surface area contributed by atoms with Crippen molar-refractivity contribution in [3.05, 3.63) is 28.8 Å². The molecule has 0 aliphatic carbocycles. The highest BCUT2D eigenvalue weighted by atomic mass is 16.3. The number of carbonyl (C=O) groups is 1. The smallest absolute Gasteiger partial charge is 0.150 e. The summed E-state index contributed by atoms with van der Waals surface area (Å²) in [5.41, 5.74) is 2.10. The fourth-order valence-electron chi connectivity index (χ4n) is 0.989. The van der Waals surface area contributed by atoms with Gasteiger partial charge in [-0.05, 0) is 31.5 Å². The van der Waals surface area contributed by atoms with E-state index in [-0.39, 0.29) is 5.75 Å². The van der Waals surface area contributed by atoms with Crippen LogP contribution in [0.4, 0.5) is 0 Å². The summed E-state index contributed by atoms with van der Waals surface area (Å²) in [6, 6.07) is 3.39. The zero-order valence-corrected chi connectivity index (χ0v) is 6.59. The van der Waals surface area contributed by atoms with Crippen LogP contribution in [0.1, 0.15) is 21.5 Å². The number of aromatic hydroxyl groups is 1. The fraction of sp³-hybridized carbons (Fsp3) is 0.222. The number of aldehydes is 1. The molecular formula is C9H10O2. The molecule has 0 amide bonds. The lowest BCUT2D eigenvalue weighted by molar-refractivity contribution is 0.112. The predicted molar refractivity (Wildman–Crippen MR) is 43.0 cm³/mol. The molecule has 58 valence electrons. The predicted octanol–water partition coefficient (Wildman–Crippen LogP) is 1.82. The SMILES string of the molecule is Cc1cc(O)c(C)c(C=O)c1. The molecule has 0 aliphatic rings. The quantitative estimate of drug-likeness (QED) is 0.620. The molecule has 1 aromatic carbocycles. The average molecular weight is 150 g/mol. The van der Waals surface area contributed by atoms with Crippen LogP contribution in [-0.4, -0.2) is 11.4 Å². The van der Waals surface area contributed by atoms with E-state index in [9.17, 15) is 9.90 Å². The molecule has 0 saturated heterocycles. The van der Waals surface area contributed by atoms with Gasteiger partial charge >= 0.3 is 0 Å². The lowest BCUT2D eigenvalue weighted by atomic mass is 10.1. The lowest BCUT2D eigenvalue weighted by Crippen LogP contribution is -1.87. The molecule has 1 N–H and O–H groups in total. The molecule has 0 atom stereocenters. The van der Waals surface area contributed by atoms with Gasteiger partial charge < -0.3 is 5.11 Å². The molecule has 0 heterocycles. The second kappa shape index (κ2) is 2.74. The van der Waals surface area contributed by atoms with E-state index in [2.05, 4.69) is 0 Å². The standard InChI is InChI=1S/C9H10O2/c1-6-3-8(5-10)7(2)9(11)4-6/h3-5,11H,1-2H3. The minimum Gasteiger partial charge on any atom is -0.508 e. The number of rotatable bonds is 1. The van der Waals surface area contributed by atoms with E-state index in [0.717, 1.165) is 11.8 Å². The molecule has 11 heavy (non-hydrogen) atoms. The van der Waals surface area contributed by atoms with Gasteiger partial charge in [0, 0.05) is 11.1 Å². The first kappa shape index (κ1) is 7.79. The van der Waals surface area contributed by atoms with Crippen LogP contribution in [0.25, 0.3) is 0 Å². The Hall–Kier alpha value is -1.31. The maximum Gasteiger partial charge on any atom is 0.150 e. The van der Waals surface area contributed by atoms with E-state index in [1.807, 2.05) is 6.92 Å². The summed E-state index contributed by atoms with van der Waals surface area (Å²) in [4.78, 5) is 10.4. The van der Waals surface area contributed by atoms with Crippen LogP contribution in [-0.2, 0) is 0 Å². The first-order chi connectivity index (χ1) is 5.15. The van der Waals surface area contributed by atoms with Crippen LogP contribution in [0, 0.1) is 13.8 Å². The molecule has 2 nitrogen and oxygen atoms in total. The summed E-state index contributed by atoms with van der Waals surface area (Å²) in [6.07, 6.45) is 0.752. The van der Waals surface area contributed by atoms with E-state index in [4.69, 9.17) is 0 Å². The average Bonchev–Trinajstić information content (AvgIpc) is 1.96. The minimum atomic E-state index is 0.187. The number of carbonyl (C=O) groups excluding carboxylic acids is 1. The third kappa shape index (κ3) is 1.40. The molecule has 2 heteroatoms. The van der Waals surface area contributed by atoms with Crippen molar-refractivity contribution in [2.24, 2.45) is 0 Å². The van der Waals surface area contributed by atoms with Crippen molar-refractivity contribution in [3.8, 4) is 5.75 Å². The Labute approximate surface area is 65.5 Å². The summed E-state index contributed by atoms with van der Waals surface area (Å²) in [6.45, 7) is 3.56. The van der Waals surface area contributed by atoms with Gasteiger partial charge in [0.25, 0.3) is 0 Å². The van der Waals surface area contributed by atoms with Crippen LogP contribution in [0.5, 0.6) is 5.75 Å². The highest BCUT2D eigenvalue weighted by Crippen LogP contribution is 2.20. The van der Waals surface area contributed by atoms with Gasteiger partial charge in [-0.25, -0.2) is 0 Å². The Balaban J connectivity index is 3.35. The van der Waals surface area contributed by atoms with Gasteiger partial charge in [-0.2, -0.15) is 0 Å². The Morgan fingerprint density at radius 2 is 2.00 bits per heavy atom. The molecule has 1 rings (SSSR count). The Bertz CT molecular complexity index is 290. The number of phenols is 1. The third-order valence-electron chi connectivity index (χ3n) is 1.69. The molecule has 0 radical (unpaired) electrons. The number of aryl methyl sites for hydroxylation is 1. The highest BCUT2D eigenvalue weighted by Gasteiger charge is 2.02. The zero-order valence-electron chi connectivity index (χ0n) is 6.59. The molecule has 0 bridgehead atoms. The largest absolute Gasteiger partial charge is 0.508 e. The molecule has 1 aromatic rings. The molecular weight excluding hydrogens is 140 g/mol. The van der Waals surface area contributed by atoms with E-state index >= 15 is 0 Å². The lowest BCUT2D eigenvalue weighted by Gasteiger charge is -2.02. The number of hydrogen-bond acceptors (Lipinski definition) is 2. The minimum absolute atomic E-state index is 0.187. The van der Waals surface area contributed by atoms with Crippen molar-refractivity contribution in [1.29, 1.82) is 0 Å². The van der Waals surface area contributed by atoms with Crippen LogP contribution < -0.4 is 0 Å². The van der Waals surface area contributed by atoms with Gasteiger partial charge in [-0.15, -0.1) is 0 Å². The summed E-state index contributed by atoms with van der Waals surface area (Å²) in [7, 11) is 0. The van der Waals surface area contributed by atoms with Crippen molar-refractivity contribution >= 4 is 6.29 Å². The molecule has 0 spiro atoms. The Morgan fingerprint density at radius 3 is 2.55 bits per heavy atom. The van der Waals surface area contributed by atoms with Crippen molar-refractivity contribution in [2.45, 2.75) is 13.8 Å². The second-order valence-electron chi connectivity index (χ2n) is 2.62. The normalized spacial score (nSPS) is 9.64. The second-order valence-corrected chi connectivity index (χ2v) is 2.62. The zero-order chi connectivity index (χ0) is 8.43. The van der Waals surface area contributed by atoms with E-state index in [0.29, 0.717) is 11.1 Å². The van der Waals surface area contributed by atoms with Crippen LogP contribution >= 0.6 is 0 Å². The summed E-state index contributed by atoms with van der Waals surface area (Å²) in [5.74, 6) is 0.187. The molecule has 0 aromatic heterocycles. The highest BCUT2D eigenvalue weighted by molar-refractivity contribution is 5.78.